The Morgan fingerprint density at radius 3 is 1.05 bits per heavy atom. The van der Waals surface area contributed by atoms with E-state index in [1.807, 2.05) is 46.9 Å². The first-order chi connectivity index (χ1) is 31.7. The van der Waals surface area contributed by atoms with Crippen molar-refractivity contribution in [3.05, 3.63) is 239 Å². The predicted octanol–water partition coefficient (Wildman–Crippen LogP) is 16.2. The maximum Gasteiger partial charge on any atom is 0.134 e. The number of hydrogen-bond acceptors (Lipinski definition) is 6. The Balaban J connectivity index is 1.10. The van der Waals surface area contributed by atoms with Crippen LogP contribution in [0, 0.1) is 0 Å². The van der Waals surface area contributed by atoms with E-state index in [4.69, 9.17) is 18.3 Å². The molecule has 4 aromatic heterocycles. The van der Waals surface area contributed by atoms with Gasteiger partial charge in [-0.25, -0.2) is 0 Å². The van der Waals surface area contributed by atoms with Crippen molar-refractivity contribution in [3.8, 4) is 45.6 Å². The van der Waals surface area contributed by atoms with Gasteiger partial charge in [0, 0.05) is 84.9 Å². The molecule has 6 heteroatoms. The third-order valence-electron chi connectivity index (χ3n) is 13.9. The zero-order valence-corrected chi connectivity index (χ0v) is 35.6. The van der Waals surface area contributed by atoms with Gasteiger partial charge in [0.15, 0.2) is 0 Å². The summed E-state index contributed by atoms with van der Waals surface area (Å²) in [6, 6.07) is 69.1. The van der Waals surface area contributed by atoms with Crippen LogP contribution >= 0.6 is 22.7 Å². The number of furan rings is 2. The molecule has 0 bridgehead atoms. The Morgan fingerprint density at radius 2 is 0.641 bits per heavy atom. The lowest BCUT2D eigenvalue weighted by atomic mass is 9.53. The highest BCUT2D eigenvalue weighted by Crippen LogP contribution is 2.68. The Labute approximate surface area is 374 Å². The molecule has 300 valence electrons. The Hall–Kier alpha value is -7.64. The summed E-state index contributed by atoms with van der Waals surface area (Å²) in [7, 11) is 0. The maximum absolute atomic E-state index is 7.71. The van der Waals surface area contributed by atoms with Crippen molar-refractivity contribution in [3.63, 3.8) is 0 Å². The topological polar surface area (TPSA) is 44.7 Å². The molecule has 0 saturated carbocycles. The zero-order chi connectivity index (χ0) is 41.7. The van der Waals surface area contributed by atoms with E-state index in [9.17, 15) is 0 Å². The lowest BCUT2D eigenvalue weighted by molar-refractivity contribution is 0.353. The maximum atomic E-state index is 7.71. The third kappa shape index (κ3) is 4.36. The van der Waals surface area contributed by atoms with E-state index in [0.29, 0.717) is 0 Å². The van der Waals surface area contributed by atoms with Crippen molar-refractivity contribution < 1.29 is 18.3 Å². The summed E-state index contributed by atoms with van der Waals surface area (Å²) < 4.78 is 34.1. The summed E-state index contributed by atoms with van der Waals surface area (Å²) in [5.41, 5.74) is 6.04. The van der Waals surface area contributed by atoms with Crippen molar-refractivity contribution >= 4 is 63.0 Å². The van der Waals surface area contributed by atoms with E-state index in [0.717, 1.165) is 90.5 Å². The third-order valence-corrected chi connectivity index (χ3v) is 16.2. The Kier molecular flexibility index (Phi) is 6.82. The van der Waals surface area contributed by atoms with Gasteiger partial charge in [-0.05, 0) is 60.7 Å². The van der Waals surface area contributed by atoms with Crippen LogP contribution in [0.15, 0.2) is 203 Å². The number of rotatable bonds is 2. The first kappa shape index (κ1) is 34.9. The van der Waals surface area contributed by atoms with Crippen LogP contribution in [0.5, 0.6) is 23.0 Å². The van der Waals surface area contributed by atoms with Crippen molar-refractivity contribution in [1.29, 1.82) is 0 Å². The summed E-state index contributed by atoms with van der Waals surface area (Å²) in [4.78, 5) is 0. The molecule has 15 rings (SSSR count). The smallest absolute Gasteiger partial charge is 0.134 e. The number of para-hydroxylation sites is 4. The molecule has 0 atom stereocenters. The summed E-state index contributed by atoms with van der Waals surface area (Å²) >= 11 is 3.63. The fraction of sp³-hybridized carbons (Fsp3) is 0.0345. The van der Waals surface area contributed by atoms with E-state index in [1.54, 1.807) is 0 Å². The average Bonchev–Trinajstić information content (AvgIpc) is 4.16. The van der Waals surface area contributed by atoms with Crippen LogP contribution in [0.1, 0.15) is 44.9 Å². The van der Waals surface area contributed by atoms with Crippen molar-refractivity contribution in [2.24, 2.45) is 0 Å². The fourth-order valence-electron chi connectivity index (χ4n) is 11.2. The molecule has 0 amide bonds. The predicted molar refractivity (Wildman–Crippen MR) is 258 cm³/mol. The van der Waals surface area contributed by atoms with Gasteiger partial charge in [0.1, 0.15) is 56.9 Å². The van der Waals surface area contributed by atoms with Crippen LogP contribution < -0.4 is 9.47 Å². The molecule has 0 radical (unpaired) electrons. The molecule has 2 spiro atoms. The molecule has 2 aliphatic heterocycles. The van der Waals surface area contributed by atoms with Crippen LogP contribution in [0.2, 0.25) is 0 Å². The van der Waals surface area contributed by atoms with Crippen LogP contribution in [-0.2, 0) is 10.8 Å². The van der Waals surface area contributed by atoms with Crippen molar-refractivity contribution in [1.82, 2.24) is 0 Å². The van der Waals surface area contributed by atoms with Gasteiger partial charge in [0.25, 0.3) is 0 Å². The van der Waals surface area contributed by atoms with Crippen LogP contribution in [0.3, 0.4) is 0 Å². The van der Waals surface area contributed by atoms with E-state index in [2.05, 4.69) is 170 Å². The van der Waals surface area contributed by atoms with Crippen LogP contribution in [-0.4, -0.2) is 0 Å². The second-order valence-electron chi connectivity index (χ2n) is 17.0. The zero-order valence-electron chi connectivity index (χ0n) is 33.9. The fourth-order valence-corrected chi connectivity index (χ4v) is 13.5. The lowest BCUT2D eigenvalue weighted by Gasteiger charge is -2.48. The monoisotopic (exact) mass is 856 g/mol. The number of fused-ring (bicyclic) bond motifs is 20. The quantitative estimate of drug-likeness (QED) is 0.174. The van der Waals surface area contributed by atoms with Gasteiger partial charge in [0.05, 0.1) is 0 Å². The minimum Gasteiger partial charge on any atom is -0.459 e. The molecule has 12 aromatic rings. The highest BCUT2D eigenvalue weighted by Gasteiger charge is 2.63. The first-order valence-corrected chi connectivity index (χ1v) is 23.2. The van der Waals surface area contributed by atoms with Gasteiger partial charge in [-0.15, -0.1) is 22.7 Å². The second-order valence-corrected chi connectivity index (χ2v) is 19.2. The van der Waals surface area contributed by atoms with Gasteiger partial charge in [-0.3, -0.25) is 0 Å². The number of thiophene rings is 2. The lowest BCUT2D eigenvalue weighted by Crippen LogP contribution is -2.46. The number of ether oxygens (including phenoxy) is 2. The first-order valence-electron chi connectivity index (χ1n) is 21.5. The largest absolute Gasteiger partial charge is 0.459 e. The van der Waals surface area contributed by atoms with E-state index in [-0.39, 0.29) is 0 Å². The van der Waals surface area contributed by atoms with Gasteiger partial charge < -0.3 is 18.3 Å². The van der Waals surface area contributed by atoms with Crippen molar-refractivity contribution in [2.45, 2.75) is 10.8 Å². The molecule has 1 aliphatic carbocycles. The number of benzene rings is 8. The molecule has 6 heterocycles. The molecule has 0 unspecified atom stereocenters. The van der Waals surface area contributed by atoms with E-state index < -0.39 is 10.8 Å². The minimum atomic E-state index is -0.979. The normalized spacial score (nSPS) is 14.8. The van der Waals surface area contributed by atoms with Gasteiger partial charge in [-0.1, -0.05) is 133 Å². The Bertz CT molecular complexity index is 3560. The van der Waals surface area contributed by atoms with Crippen LogP contribution in [0.25, 0.3) is 63.0 Å². The van der Waals surface area contributed by atoms with E-state index in [1.165, 1.54) is 40.3 Å². The highest BCUT2D eigenvalue weighted by atomic mass is 32.1. The highest BCUT2D eigenvalue weighted by molar-refractivity contribution is 7.26. The molecule has 8 aromatic carbocycles. The van der Waals surface area contributed by atoms with Gasteiger partial charge in [-0.2, -0.15) is 0 Å². The molecule has 0 fully saturated rings. The van der Waals surface area contributed by atoms with E-state index >= 15 is 0 Å². The van der Waals surface area contributed by atoms with Crippen LogP contribution in [0.4, 0.5) is 0 Å². The standard InChI is InChI=1S/C58H32O4S2/c1-11-23-51-35(13-1)37-27-25-33(29-53(37)63-51)49-31-43-55(61-49)58(41-17-5-9-21-47(41)60-48-22-10-6-18-42(48)58)44-32-50(34-26-28-38-36-14-2-12-24-52(36)64-54(38)30-34)62-56(44)57(43)39-15-3-7-19-45(39)59-46-20-8-4-16-40(46)57/h1-32H. The summed E-state index contributed by atoms with van der Waals surface area (Å²) in [6.45, 7) is 0. The summed E-state index contributed by atoms with van der Waals surface area (Å²) in [5.74, 6) is 6.34. The van der Waals surface area contributed by atoms with Gasteiger partial charge in [0.2, 0.25) is 0 Å². The Morgan fingerprint density at radius 1 is 0.297 bits per heavy atom. The second kappa shape index (κ2) is 12.5. The molecule has 0 N–H and O–H groups in total. The molecule has 0 saturated heterocycles. The SMILES string of the molecule is c1ccc2c(c1)Oc1ccccc1C21c2cc(-c3ccc4c(c3)sc3ccccc34)oc2C2(c3ccccc3Oc3ccccc32)c2cc(-c3ccc4c(c3)sc3ccccc34)oc21. The average molecular weight is 857 g/mol. The molecule has 3 aliphatic rings. The molecule has 4 nitrogen and oxygen atoms in total. The van der Waals surface area contributed by atoms with Crippen molar-refractivity contribution in [2.75, 3.05) is 0 Å². The molecular formula is C58H32O4S2. The van der Waals surface area contributed by atoms with Gasteiger partial charge >= 0.3 is 0 Å². The molecular weight excluding hydrogens is 825 g/mol. The summed E-state index contributed by atoms with van der Waals surface area (Å²) in [6.07, 6.45) is 0. The number of hydrogen-bond donors (Lipinski definition) is 0. The molecule has 64 heavy (non-hydrogen) atoms. The summed E-state index contributed by atoms with van der Waals surface area (Å²) in [5, 5.41) is 5.02. The minimum absolute atomic E-state index is 0.779.